The molecule has 96 valence electrons. The molecule has 2 aromatic rings. The summed E-state index contributed by atoms with van der Waals surface area (Å²) in [5.74, 6) is -0.0486. The van der Waals surface area contributed by atoms with Crippen molar-refractivity contribution in [3.05, 3.63) is 34.9 Å². The number of rotatable bonds is 3. The molecule has 0 aliphatic carbocycles. The predicted octanol–water partition coefficient (Wildman–Crippen LogP) is 3.26. The molecule has 1 aromatic carbocycles. The molecule has 0 unspecified atom stereocenters. The van der Waals surface area contributed by atoms with Gasteiger partial charge in [-0.3, -0.25) is 4.57 Å². The highest BCUT2D eigenvalue weighted by Crippen LogP contribution is 2.42. The van der Waals surface area contributed by atoms with Crippen LogP contribution in [0.4, 0.5) is 0 Å². The third-order valence-corrected chi connectivity index (χ3v) is 3.27. The second-order valence-corrected chi connectivity index (χ2v) is 7.67. The van der Waals surface area contributed by atoms with Crippen LogP contribution in [0.5, 0.6) is 11.6 Å². The second kappa shape index (κ2) is 4.78. The Hall–Kier alpha value is -1.26. The van der Waals surface area contributed by atoms with Gasteiger partial charge < -0.3 is 9.63 Å². The molecule has 2 rings (SSSR count). The molecule has 0 aliphatic rings. The highest BCUT2D eigenvalue weighted by Gasteiger charge is 2.17. The van der Waals surface area contributed by atoms with E-state index in [-0.39, 0.29) is 11.6 Å². The van der Waals surface area contributed by atoms with Crippen molar-refractivity contribution in [1.82, 2.24) is 9.78 Å². The van der Waals surface area contributed by atoms with E-state index in [2.05, 4.69) is 21.0 Å². The average molecular weight is 331 g/mol. The molecule has 5 nitrogen and oxygen atoms in total. The van der Waals surface area contributed by atoms with Crippen molar-refractivity contribution in [2.75, 3.05) is 13.3 Å². The van der Waals surface area contributed by atoms with Crippen LogP contribution in [0, 0.1) is 0 Å². The standard InChI is InChI=1S/C11H12BrN2O3P/c1-18(2,16)17-10-7-13-14(11(10)15)9-5-3-8(12)4-6-9/h3-7,15H,1-2H3. The maximum atomic E-state index is 11.6. The second-order valence-electron chi connectivity index (χ2n) is 4.06. The average Bonchev–Trinajstić information content (AvgIpc) is 2.60. The monoisotopic (exact) mass is 330 g/mol. The third kappa shape index (κ3) is 2.94. The lowest BCUT2D eigenvalue weighted by molar-refractivity contribution is 0.405. The minimum absolute atomic E-state index is 0.117. The first-order valence-electron chi connectivity index (χ1n) is 5.14. The third-order valence-electron chi connectivity index (χ3n) is 2.10. The molecule has 0 spiro atoms. The normalized spacial score (nSPS) is 11.5. The van der Waals surface area contributed by atoms with Crippen LogP contribution in [-0.2, 0) is 4.57 Å². The van der Waals surface area contributed by atoms with E-state index in [1.165, 1.54) is 24.2 Å². The zero-order valence-corrected chi connectivity index (χ0v) is 12.4. The van der Waals surface area contributed by atoms with Gasteiger partial charge in [-0.1, -0.05) is 15.9 Å². The van der Waals surface area contributed by atoms with Crippen molar-refractivity contribution in [1.29, 1.82) is 0 Å². The number of benzene rings is 1. The fourth-order valence-electron chi connectivity index (χ4n) is 1.40. The van der Waals surface area contributed by atoms with Crippen LogP contribution in [0.2, 0.25) is 0 Å². The molecule has 0 saturated heterocycles. The lowest BCUT2D eigenvalue weighted by atomic mass is 10.3. The lowest BCUT2D eigenvalue weighted by Crippen LogP contribution is -1.95. The summed E-state index contributed by atoms with van der Waals surface area (Å²) in [4.78, 5) is 0. The van der Waals surface area contributed by atoms with Crippen molar-refractivity contribution in [3.63, 3.8) is 0 Å². The first-order valence-corrected chi connectivity index (χ1v) is 8.45. The number of halogens is 1. The van der Waals surface area contributed by atoms with Gasteiger partial charge in [-0.25, -0.2) is 0 Å². The summed E-state index contributed by atoms with van der Waals surface area (Å²) in [5.41, 5.74) is 0.688. The molecule has 18 heavy (non-hydrogen) atoms. The van der Waals surface area contributed by atoms with Crippen LogP contribution < -0.4 is 4.52 Å². The summed E-state index contributed by atoms with van der Waals surface area (Å²) in [7, 11) is -2.72. The zero-order valence-electron chi connectivity index (χ0n) is 9.87. The van der Waals surface area contributed by atoms with Crippen molar-refractivity contribution in [3.8, 4) is 17.3 Å². The van der Waals surface area contributed by atoms with Crippen molar-refractivity contribution in [2.45, 2.75) is 0 Å². The quantitative estimate of drug-likeness (QED) is 0.877. The first kappa shape index (κ1) is 13.2. The van der Waals surface area contributed by atoms with Gasteiger partial charge in [-0.2, -0.15) is 9.78 Å². The number of aromatic hydroxyl groups is 1. The zero-order chi connectivity index (χ0) is 13.3. The Bertz CT molecular complexity index is 603. The van der Waals surface area contributed by atoms with E-state index in [9.17, 15) is 9.67 Å². The molecule has 0 bridgehead atoms. The van der Waals surface area contributed by atoms with E-state index >= 15 is 0 Å². The van der Waals surface area contributed by atoms with Crippen LogP contribution in [0.15, 0.2) is 34.9 Å². The van der Waals surface area contributed by atoms with Crippen LogP contribution in [-0.4, -0.2) is 28.2 Å². The van der Waals surface area contributed by atoms with Gasteiger partial charge in [0.15, 0.2) is 0 Å². The summed E-state index contributed by atoms with van der Waals surface area (Å²) in [6, 6.07) is 7.25. The van der Waals surface area contributed by atoms with Gasteiger partial charge >= 0.3 is 0 Å². The maximum Gasteiger partial charge on any atom is 0.258 e. The Kier molecular flexibility index (Phi) is 3.50. The fourth-order valence-corrected chi connectivity index (χ4v) is 2.27. The first-order chi connectivity index (χ1) is 8.37. The largest absolute Gasteiger partial charge is 0.491 e. The molecule has 0 atom stereocenters. The number of hydrogen-bond donors (Lipinski definition) is 1. The smallest absolute Gasteiger partial charge is 0.258 e. The molecule has 0 fully saturated rings. The van der Waals surface area contributed by atoms with Gasteiger partial charge in [0.05, 0.1) is 11.9 Å². The van der Waals surface area contributed by atoms with Gasteiger partial charge in [-0.05, 0) is 24.3 Å². The Morgan fingerprint density at radius 3 is 2.50 bits per heavy atom. The minimum Gasteiger partial charge on any atom is -0.491 e. The molecule has 0 amide bonds. The van der Waals surface area contributed by atoms with Gasteiger partial charge in [0, 0.05) is 17.8 Å². The van der Waals surface area contributed by atoms with Crippen molar-refractivity contribution >= 4 is 23.3 Å². The molecule has 0 aliphatic heterocycles. The van der Waals surface area contributed by atoms with Crippen LogP contribution >= 0.6 is 23.3 Å². The topological polar surface area (TPSA) is 64.3 Å². The van der Waals surface area contributed by atoms with Gasteiger partial charge in [0.1, 0.15) is 0 Å². The molecule has 1 N–H and O–H groups in total. The number of hydrogen-bond acceptors (Lipinski definition) is 4. The van der Waals surface area contributed by atoms with E-state index in [4.69, 9.17) is 4.52 Å². The number of aromatic nitrogens is 2. The summed E-state index contributed by atoms with van der Waals surface area (Å²) in [5, 5.41) is 14.0. The minimum atomic E-state index is -2.72. The van der Waals surface area contributed by atoms with E-state index < -0.39 is 7.37 Å². The SMILES string of the molecule is CP(C)(=O)Oc1cnn(-c2ccc(Br)cc2)c1O. The fraction of sp³-hybridized carbons (Fsp3) is 0.182. The van der Waals surface area contributed by atoms with Gasteiger partial charge in [0.2, 0.25) is 13.1 Å². The summed E-state index contributed by atoms with van der Waals surface area (Å²) < 4.78 is 19.0. The van der Waals surface area contributed by atoms with Crippen molar-refractivity contribution in [2.24, 2.45) is 0 Å². The van der Waals surface area contributed by atoms with Crippen LogP contribution in [0.25, 0.3) is 5.69 Å². The van der Waals surface area contributed by atoms with Crippen LogP contribution in [0.3, 0.4) is 0 Å². The summed E-state index contributed by atoms with van der Waals surface area (Å²) in [6.07, 6.45) is 1.34. The van der Waals surface area contributed by atoms with E-state index in [1.807, 2.05) is 12.1 Å². The Morgan fingerprint density at radius 1 is 1.33 bits per heavy atom. The molecule has 0 radical (unpaired) electrons. The molecular weight excluding hydrogens is 319 g/mol. The molecular formula is C11H12BrN2O3P. The predicted molar refractivity (Wildman–Crippen MR) is 73.0 cm³/mol. The highest BCUT2D eigenvalue weighted by atomic mass is 79.9. The molecule has 7 heteroatoms. The summed E-state index contributed by atoms with van der Waals surface area (Å²) in [6.45, 7) is 2.95. The summed E-state index contributed by atoms with van der Waals surface area (Å²) >= 11 is 3.33. The van der Waals surface area contributed by atoms with Gasteiger partial charge in [0.25, 0.3) is 5.88 Å². The van der Waals surface area contributed by atoms with Crippen LogP contribution in [0.1, 0.15) is 0 Å². The van der Waals surface area contributed by atoms with Crippen molar-refractivity contribution < 1.29 is 14.2 Å². The van der Waals surface area contributed by atoms with E-state index in [0.717, 1.165) is 4.47 Å². The van der Waals surface area contributed by atoms with E-state index in [0.29, 0.717) is 5.69 Å². The van der Waals surface area contributed by atoms with E-state index in [1.54, 1.807) is 12.1 Å². The molecule has 1 heterocycles. The highest BCUT2D eigenvalue weighted by molar-refractivity contribution is 9.10. The Balaban J connectivity index is 2.36. The number of nitrogens with zero attached hydrogens (tertiary/aromatic N) is 2. The Labute approximate surface area is 113 Å². The Morgan fingerprint density at radius 2 is 1.94 bits per heavy atom. The maximum absolute atomic E-state index is 11.6. The lowest BCUT2D eigenvalue weighted by Gasteiger charge is -2.08. The molecule has 0 saturated carbocycles. The molecule has 1 aromatic heterocycles. The van der Waals surface area contributed by atoms with Gasteiger partial charge in [-0.15, -0.1) is 0 Å².